The first-order valence-electron chi connectivity index (χ1n) is 11.6. The lowest BCUT2D eigenvalue weighted by Gasteiger charge is -2.33. The molecular formula is C24H31FN4O4. The maximum absolute atomic E-state index is 14.1. The molecule has 0 saturated carbocycles. The highest BCUT2D eigenvalue weighted by Crippen LogP contribution is 2.24. The number of carbonyl (C=O) groups is 3. The van der Waals surface area contributed by atoms with Gasteiger partial charge in [-0.1, -0.05) is 6.07 Å². The van der Waals surface area contributed by atoms with Gasteiger partial charge in [-0.2, -0.15) is 5.26 Å². The second kappa shape index (κ2) is 11.8. The zero-order valence-electron chi connectivity index (χ0n) is 18.7. The number of nitriles is 1. The molecule has 1 aromatic rings. The van der Waals surface area contributed by atoms with Gasteiger partial charge in [-0.15, -0.1) is 0 Å². The Balaban J connectivity index is 1.59. The fourth-order valence-corrected chi connectivity index (χ4v) is 4.63. The van der Waals surface area contributed by atoms with Gasteiger partial charge >= 0.3 is 5.97 Å². The molecule has 2 aliphatic heterocycles. The molecule has 2 amide bonds. The number of carbonyl (C=O) groups excluding carboxylic acids is 2. The van der Waals surface area contributed by atoms with Crippen LogP contribution in [0, 0.1) is 29.0 Å². The van der Waals surface area contributed by atoms with Gasteiger partial charge in [0.25, 0.3) is 0 Å². The summed E-state index contributed by atoms with van der Waals surface area (Å²) in [5.74, 6) is -2.07. The van der Waals surface area contributed by atoms with Crippen LogP contribution in [-0.4, -0.2) is 54.0 Å². The highest BCUT2D eigenvalue weighted by Gasteiger charge is 2.30. The number of hydrogen-bond acceptors (Lipinski definition) is 5. The van der Waals surface area contributed by atoms with E-state index in [2.05, 4.69) is 10.6 Å². The molecule has 2 aliphatic rings. The monoisotopic (exact) mass is 458 g/mol. The molecule has 0 aliphatic carbocycles. The lowest BCUT2D eigenvalue weighted by molar-refractivity contribution is -0.138. The van der Waals surface area contributed by atoms with Crippen molar-refractivity contribution in [2.75, 3.05) is 26.2 Å². The van der Waals surface area contributed by atoms with Crippen molar-refractivity contribution in [3.05, 3.63) is 35.1 Å². The van der Waals surface area contributed by atoms with Crippen molar-refractivity contribution in [3.8, 4) is 6.07 Å². The van der Waals surface area contributed by atoms with Gasteiger partial charge in [0, 0.05) is 19.5 Å². The minimum Gasteiger partial charge on any atom is -0.481 e. The molecule has 1 aromatic carbocycles. The molecule has 3 N–H and O–H groups in total. The molecule has 178 valence electrons. The number of hydrogen-bond donors (Lipinski definition) is 3. The lowest BCUT2D eigenvalue weighted by Crippen LogP contribution is -2.46. The Morgan fingerprint density at radius 3 is 2.70 bits per heavy atom. The SMILES string of the molecule is N#Cc1ccc([C@H](CC(=O)O)NC(=O)[C@@H]2CCCN(C(=O)CCC3CCNCC3)C2)cc1F. The first-order valence-corrected chi connectivity index (χ1v) is 11.6. The van der Waals surface area contributed by atoms with E-state index in [0.717, 1.165) is 38.4 Å². The molecule has 3 rings (SSSR count). The van der Waals surface area contributed by atoms with E-state index in [1.165, 1.54) is 12.1 Å². The maximum atomic E-state index is 14.1. The predicted octanol–water partition coefficient (Wildman–Crippen LogP) is 2.35. The van der Waals surface area contributed by atoms with Crippen molar-refractivity contribution >= 4 is 17.8 Å². The normalized spacial score (nSPS) is 20.0. The zero-order chi connectivity index (χ0) is 23.8. The van der Waals surface area contributed by atoms with Gasteiger partial charge in [-0.3, -0.25) is 14.4 Å². The maximum Gasteiger partial charge on any atom is 0.305 e. The average molecular weight is 459 g/mol. The molecule has 0 bridgehead atoms. The first-order chi connectivity index (χ1) is 15.9. The number of nitrogens with one attached hydrogen (secondary N) is 2. The predicted molar refractivity (Wildman–Crippen MR) is 118 cm³/mol. The summed E-state index contributed by atoms with van der Waals surface area (Å²) in [5.41, 5.74) is 0.137. The third kappa shape index (κ3) is 6.99. The number of halogens is 1. The summed E-state index contributed by atoms with van der Waals surface area (Å²) < 4.78 is 14.1. The summed E-state index contributed by atoms with van der Waals surface area (Å²) in [6.07, 6.45) is 4.39. The summed E-state index contributed by atoms with van der Waals surface area (Å²) in [6.45, 7) is 2.91. The Morgan fingerprint density at radius 1 is 1.27 bits per heavy atom. The van der Waals surface area contributed by atoms with Crippen LogP contribution in [0.5, 0.6) is 0 Å². The third-order valence-electron chi connectivity index (χ3n) is 6.58. The van der Waals surface area contributed by atoms with Crippen LogP contribution in [0.25, 0.3) is 0 Å². The largest absolute Gasteiger partial charge is 0.481 e. The molecule has 33 heavy (non-hydrogen) atoms. The van der Waals surface area contributed by atoms with Gasteiger partial charge in [0.1, 0.15) is 11.9 Å². The summed E-state index contributed by atoms with van der Waals surface area (Å²) in [7, 11) is 0. The molecule has 2 fully saturated rings. The van der Waals surface area contributed by atoms with Crippen molar-refractivity contribution in [2.24, 2.45) is 11.8 Å². The van der Waals surface area contributed by atoms with E-state index in [1.807, 2.05) is 0 Å². The molecule has 2 atom stereocenters. The van der Waals surface area contributed by atoms with E-state index in [-0.39, 0.29) is 22.9 Å². The van der Waals surface area contributed by atoms with E-state index < -0.39 is 30.2 Å². The van der Waals surface area contributed by atoms with E-state index in [4.69, 9.17) is 5.26 Å². The van der Waals surface area contributed by atoms with Crippen molar-refractivity contribution in [1.82, 2.24) is 15.5 Å². The van der Waals surface area contributed by atoms with Gasteiger partial charge in [-0.05, 0) is 68.8 Å². The fourth-order valence-electron chi connectivity index (χ4n) is 4.63. The van der Waals surface area contributed by atoms with E-state index >= 15 is 0 Å². The second-order valence-corrected chi connectivity index (χ2v) is 8.92. The number of piperidine rings is 2. The Labute approximate surface area is 193 Å². The number of aliphatic carboxylic acids is 1. The Bertz CT molecular complexity index is 910. The van der Waals surface area contributed by atoms with Crippen LogP contribution >= 0.6 is 0 Å². The average Bonchev–Trinajstić information content (AvgIpc) is 2.82. The molecule has 0 unspecified atom stereocenters. The van der Waals surface area contributed by atoms with E-state index in [1.54, 1.807) is 11.0 Å². The van der Waals surface area contributed by atoms with Gasteiger partial charge in [-0.25, -0.2) is 4.39 Å². The molecule has 8 nitrogen and oxygen atoms in total. The summed E-state index contributed by atoms with van der Waals surface area (Å²) in [5, 5.41) is 24.2. The standard InChI is InChI=1S/C24H31FN4O4/c25-20-12-17(4-5-18(20)14-26)21(13-23(31)32)28-24(33)19-2-1-11-29(15-19)22(30)6-3-16-7-9-27-10-8-16/h4-5,12,16,19,21,27H,1-3,6-11,13,15H2,(H,28,33)(H,31,32)/t19-,21+/m1/s1. The molecule has 2 heterocycles. The van der Waals surface area contributed by atoms with Gasteiger partial charge in [0.15, 0.2) is 0 Å². The highest BCUT2D eigenvalue weighted by molar-refractivity contribution is 5.82. The van der Waals surface area contributed by atoms with Crippen LogP contribution in [0.3, 0.4) is 0 Å². The minimum atomic E-state index is -1.14. The zero-order valence-corrected chi connectivity index (χ0v) is 18.7. The summed E-state index contributed by atoms with van der Waals surface area (Å²) >= 11 is 0. The molecule has 2 saturated heterocycles. The van der Waals surface area contributed by atoms with Crippen LogP contribution in [0.4, 0.5) is 4.39 Å². The van der Waals surface area contributed by atoms with Crippen LogP contribution < -0.4 is 10.6 Å². The lowest BCUT2D eigenvalue weighted by atomic mass is 9.92. The van der Waals surface area contributed by atoms with E-state index in [0.29, 0.717) is 38.3 Å². The Hall–Kier alpha value is -2.99. The number of rotatable bonds is 8. The minimum absolute atomic E-state index is 0.0577. The Morgan fingerprint density at radius 2 is 2.03 bits per heavy atom. The quantitative estimate of drug-likeness (QED) is 0.550. The smallest absolute Gasteiger partial charge is 0.305 e. The number of likely N-dealkylation sites (tertiary alicyclic amines) is 1. The van der Waals surface area contributed by atoms with E-state index in [9.17, 15) is 23.9 Å². The molecule has 0 spiro atoms. The van der Waals surface area contributed by atoms with Crippen molar-refractivity contribution in [1.29, 1.82) is 5.26 Å². The second-order valence-electron chi connectivity index (χ2n) is 8.92. The van der Waals surface area contributed by atoms with Crippen molar-refractivity contribution < 1.29 is 23.9 Å². The van der Waals surface area contributed by atoms with Gasteiger partial charge < -0.3 is 20.6 Å². The first kappa shape index (κ1) is 24.6. The summed E-state index contributed by atoms with van der Waals surface area (Å²) in [6, 6.07) is 4.61. The van der Waals surface area contributed by atoms with Crippen LogP contribution in [0.2, 0.25) is 0 Å². The number of nitrogens with zero attached hydrogens (tertiary/aromatic N) is 2. The summed E-state index contributed by atoms with van der Waals surface area (Å²) in [4.78, 5) is 38.8. The molecular weight excluding hydrogens is 427 g/mol. The highest BCUT2D eigenvalue weighted by atomic mass is 19.1. The molecule has 0 radical (unpaired) electrons. The molecule has 0 aromatic heterocycles. The topological polar surface area (TPSA) is 123 Å². The van der Waals surface area contributed by atoms with Gasteiger partial charge in [0.05, 0.1) is 23.9 Å². The molecule has 9 heteroatoms. The van der Waals surface area contributed by atoms with Crippen molar-refractivity contribution in [3.63, 3.8) is 0 Å². The number of carboxylic acids is 1. The fraction of sp³-hybridized carbons (Fsp3) is 0.583. The van der Waals surface area contributed by atoms with Crippen LogP contribution in [-0.2, 0) is 14.4 Å². The van der Waals surface area contributed by atoms with Crippen LogP contribution in [0.15, 0.2) is 18.2 Å². The van der Waals surface area contributed by atoms with Crippen molar-refractivity contribution in [2.45, 2.75) is 51.0 Å². The van der Waals surface area contributed by atoms with Crippen LogP contribution in [0.1, 0.15) is 62.1 Å². The number of carboxylic acid groups (broad SMARTS) is 1. The number of amides is 2. The number of benzene rings is 1. The third-order valence-corrected chi connectivity index (χ3v) is 6.58. The van der Waals surface area contributed by atoms with Gasteiger partial charge in [0.2, 0.25) is 11.8 Å². The Kier molecular flexibility index (Phi) is 8.78.